The number of halogens is 1. The van der Waals surface area contributed by atoms with Crippen LogP contribution in [0, 0.1) is 18.8 Å². The molecule has 1 amide bonds. The second kappa shape index (κ2) is 7.39. The average molecular weight is 426 g/mol. The van der Waals surface area contributed by atoms with Crippen molar-refractivity contribution in [3.8, 4) is 11.3 Å². The van der Waals surface area contributed by atoms with Crippen LogP contribution in [-0.4, -0.2) is 51.9 Å². The zero-order valence-corrected chi connectivity index (χ0v) is 17.5. The lowest BCUT2D eigenvalue weighted by molar-refractivity contribution is 0.0777. The van der Waals surface area contributed by atoms with Gasteiger partial charge in [0, 0.05) is 54.0 Å². The van der Waals surface area contributed by atoms with E-state index in [-0.39, 0.29) is 5.91 Å². The van der Waals surface area contributed by atoms with Gasteiger partial charge in [0.15, 0.2) is 0 Å². The molecule has 2 atom stereocenters. The molecular weight excluding hydrogens is 406 g/mol. The van der Waals surface area contributed by atoms with Crippen molar-refractivity contribution in [3.05, 3.63) is 57.8 Å². The summed E-state index contributed by atoms with van der Waals surface area (Å²) < 4.78 is 0. The lowest BCUT2D eigenvalue weighted by Crippen LogP contribution is -2.33. The van der Waals surface area contributed by atoms with Gasteiger partial charge in [0.1, 0.15) is 11.5 Å². The van der Waals surface area contributed by atoms with Gasteiger partial charge in [-0.2, -0.15) is 0 Å². The van der Waals surface area contributed by atoms with E-state index in [1.807, 2.05) is 53.9 Å². The predicted molar refractivity (Wildman–Crippen MR) is 114 cm³/mol. The van der Waals surface area contributed by atoms with Crippen LogP contribution in [0.1, 0.15) is 15.5 Å². The van der Waals surface area contributed by atoms with E-state index in [9.17, 15) is 4.79 Å². The highest BCUT2D eigenvalue weighted by Gasteiger charge is 2.42. The summed E-state index contributed by atoms with van der Waals surface area (Å²) in [4.78, 5) is 30.5. The topological polar surface area (TPSA) is 62.2 Å². The monoisotopic (exact) mass is 425 g/mol. The number of hydrogen-bond acceptors (Lipinski definition) is 6. The first kappa shape index (κ1) is 18.5. The summed E-state index contributed by atoms with van der Waals surface area (Å²) in [5.41, 5.74) is 2.41. The SMILES string of the molecule is Cc1nc(C(=O)N2CC3CN(c4cnc(-c5ccc(Cl)cc5)cn4)CC3C2)cs1. The number of carbonyl (C=O) groups is 1. The van der Waals surface area contributed by atoms with E-state index in [2.05, 4.69) is 19.9 Å². The molecule has 2 saturated heterocycles. The standard InChI is InChI=1S/C21H20ClN5OS/c1-13-25-19(12-29-13)21(28)27-10-15-8-26(9-16(15)11-27)20-7-23-18(6-24-20)14-2-4-17(22)5-3-14/h2-7,12,15-16H,8-11H2,1H3. The zero-order valence-electron chi connectivity index (χ0n) is 16.0. The Labute approximate surface area is 178 Å². The number of nitrogens with zero attached hydrogens (tertiary/aromatic N) is 5. The molecule has 148 valence electrons. The minimum Gasteiger partial charge on any atom is -0.355 e. The summed E-state index contributed by atoms with van der Waals surface area (Å²) in [5, 5.41) is 3.49. The van der Waals surface area contributed by atoms with Gasteiger partial charge in [0.25, 0.3) is 5.91 Å². The number of hydrogen-bond donors (Lipinski definition) is 0. The molecule has 1 aromatic carbocycles. The van der Waals surface area contributed by atoms with E-state index in [1.165, 1.54) is 11.3 Å². The Morgan fingerprint density at radius 2 is 1.79 bits per heavy atom. The van der Waals surface area contributed by atoms with Crippen molar-refractivity contribution in [3.63, 3.8) is 0 Å². The maximum atomic E-state index is 12.7. The molecule has 0 aliphatic carbocycles. The number of likely N-dealkylation sites (tertiary alicyclic amines) is 1. The van der Waals surface area contributed by atoms with Crippen molar-refractivity contribution in [2.75, 3.05) is 31.1 Å². The fourth-order valence-corrected chi connectivity index (χ4v) is 4.94. The van der Waals surface area contributed by atoms with Crippen molar-refractivity contribution >= 4 is 34.7 Å². The fraction of sp³-hybridized carbons (Fsp3) is 0.333. The Balaban J connectivity index is 1.23. The van der Waals surface area contributed by atoms with Crippen LogP contribution in [0.3, 0.4) is 0 Å². The van der Waals surface area contributed by atoms with E-state index >= 15 is 0 Å². The summed E-state index contributed by atoms with van der Waals surface area (Å²) >= 11 is 7.47. The Kier molecular flexibility index (Phi) is 4.72. The third-order valence-corrected chi connectivity index (χ3v) is 6.74. The molecule has 3 aromatic rings. The van der Waals surface area contributed by atoms with Gasteiger partial charge in [0.05, 0.1) is 23.1 Å². The molecule has 0 bridgehead atoms. The highest BCUT2D eigenvalue weighted by Crippen LogP contribution is 2.34. The summed E-state index contributed by atoms with van der Waals surface area (Å²) in [6.45, 7) is 5.30. The van der Waals surface area contributed by atoms with Gasteiger partial charge in [-0.3, -0.25) is 9.78 Å². The molecule has 2 aromatic heterocycles. The van der Waals surface area contributed by atoms with Crippen LogP contribution in [0.4, 0.5) is 5.82 Å². The van der Waals surface area contributed by atoms with Crippen molar-refractivity contribution in [2.45, 2.75) is 6.92 Å². The molecule has 0 N–H and O–H groups in total. The minimum absolute atomic E-state index is 0.0578. The Morgan fingerprint density at radius 1 is 1.07 bits per heavy atom. The van der Waals surface area contributed by atoms with Crippen molar-refractivity contribution in [2.24, 2.45) is 11.8 Å². The molecule has 2 unspecified atom stereocenters. The van der Waals surface area contributed by atoms with Gasteiger partial charge in [-0.05, 0) is 19.1 Å². The van der Waals surface area contributed by atoms with Crippen molar-refractivity contribution in [1.29, 1.82) is 0 Å². The summed E-state index contributed by atoms with van der Waals surface area (Å²) in [7, 11) is 0. The fourth-order valence-electron chi connectivity index (χ4n) is 4.22. The first-order chi connectivity index (χ1) is 14.1. The summed E-state index contributed by atoms with van der Waals surface area (Å²) in [6, 6.07) is 7.60. The average Bonchev–Trinajstić information content (AvgIpc) is 3.43. The number of aromatic nitrogens is 3. The minimum atomic E-state index is 0.0578. The van der Waals surface area contributed by atoms with Gasteiger partial charge in [0.2, 0.25) is 0 Å². The van der Waals surface area contributed by atoms with Gasteiger partial charge in [-0.1, -0.05) is 23.7 Å². The molecule has 0 radical (unpaired) electrons. The van der Waals surface area contributed by atoms with Crippen LogP contribution in [0.2, 0.25) is 5.02 Å². The number of anilines is 1. The highest BCUT2D eigenvalue weighted by molar-refractivity contribution is 7.09. The smallest absolute Gasteiger partial charge is 0.273 e. The summed E-state index contributed by atoms with van der Waals surface area (Å²) in [6.07, 6.45) is 3.65. The van der Waals surface area contributed by atoms with Gasteiger partial charge >= 0.3 is 0 Å². The van der Waals surface area contributed by atoms with E-state index < -0.39 is 0 Å². The van der Waals surface area contributed by atoms with Crippen LogP contribution in [0.25, 0.3) is 11.3 Å². The molecule has 2 fully saturated rings. The van der Waals surface area contributed by atoms with E-state index in [0.717, 1.165) is 48.3 Å². The number of carbonyl (C=O) groups excluding carboxylic acids is 1. The second-order valence-electron chi connectivity index (χ2n) is 7.65. The van der Waals surface area contributed by atoms with Crippen LogP contribution in [0.15, 0.2) is 42.0 Å². The molecule has 0 spiro atoms. The van der Waals surface area contributed by atoms with Crippen LogP contribution in [-0.2, 0) is 0 Å². The quantitative estimate of drug-likeness (QED) is 0.639. The predicted octanol–water partition coefficient (Wildman–Crippen LogP) is 3.77. The number of aryl methyl sites for hydroxylation is 1. The molecule has 2 aliphatic heterocycles. The molecule has 5 rings (SSSR count). The third kappa shape index (κ3) is 3.60. The number of rotatable bonds is 3. The largest absolute Gasteiger partial charge is 0.355 e. The molecule has 8 heteroatoms. The number of fused-ring (bicyclic) bond motifs is 1. The van der Waals surface area contributed by atoms with Gasteiger partial charge < -0.3 is 9.80 Å². The molecule has 29 heavy (non-hydrogen) atoms. The lowest BCUT2D eigenvalue weighted by atomic mass is 10.0. The molecule has 6 nitrogen and oxygen atoms in total. The summed E-state index contributed by atoms with van der Waals surface area (Å²) in [5.74, 6) is 1.89. The maximum Gasteiger partial charge on any atom is 0.273 e. The number of thiazole rings is 1. The van der Waals surface area contributed by atoms with Crippen LogP contribution in [0.5, 0.6) is 0 Å². The van der Waals surface area contributed by atoms with Crippen LogP contribution < -0.4 is 4.90 Å². The van der Waals surface area contributed by atoms with Crippen LogP contribution >= 0.6 is 22.9 Å². The normalized spacial score (nSPS) is 20.9. The zero-order chi connectivity index (χ0) is 20.0. The van der Waals surface area contributed by atoms with E-state index in [1.54, 1.807) is 0 Å². The molecule has 2 aliphatic rings. The van der Waals surface area contributed by atoms with Crippen molar-refractivity contribution < 1.29 is 4.79 Å². The van der Waals surface area contributed by atoms with Gasteiger partial charge in [-0.15, -0.1) is 11.3 Å². The molecule has 0 saturated carbocycles. The Hall–Kier alpha value is -2.51. The van der Waals surface area contributed by atoms with Gasteiger partial charge in [-0.25, -0.2) is 9.97 Å². The molecule has 4 heterocycles. The third-order valence-electron chi connectivity index (χ3n) is 5.71. The number of amides is 1. The second-order valence-corrected chi connectivity index (χ2v) is 9.15. The lowest BCUT2D eigenvalue weighted by Gasteiger charge is -2.22. The Morgan fingerprint density at radius 3 is 2.38 bits per heavy atom. The first-order valence-corrected chi connectivity index (χ1v) is 10.9. The first-order valence-electron chi connectivity index (χ1n) is 9.61. The van der Waals surface area contributed by atoms with Crippen molar-refractivity contribution in [1.82, 2.24) is 19.9 Å². The number of benzene rings is 1. The van der Waals surface area contributed by atoms with E-state index in [4.69, 9.17) is 11.6 Å². The maximum absolute atomic E-state index is 12.7. The highest BCUT2D eigenvalue weighted by atomic mass is 35.5. The molecular formula is C21H20ClN5OS. The van der Waals surface area contributed by atoms with E-state index in [0.29, 0.717) is 22.6 Å². The Bertz CT molecular complexity index is 1020.